The van der Waals surface area contributed by atoms with Gasteiger partial charge in [0.25, 0.3) is 6.71 Å². The molecule has 5 aromatic heterocycles. The van der Waals surface area contributed by atoms with Gasteiger partial charge in [-0.1, -0.05) is 156 Å². The van der Waals surface area contributed by atoms with E-state index in [0.29, 0.717) is 0 Å². The summed E-state index contributed by atoms with van der Waals surface area (Å²) in [7, 11) is 0. The zero-order chi connectivity index (χ0) is 57.0. The lowest BCUT2D eigenvalue weighted by Crippen LogP contribution is -2.58. The van der Waals surface area contributed by atoms with E-state index in [1.165, 1.54) is 137 Å². The average Bonchev–Trinajstić information content (AvgIpc) is 1.43. The number of fused-ring (bicyclic) bond motifs is 19. The minimum atomic E-state index is -0.0953. The van der Waals surface area contributed by atoms with Gasteiger partial charge in [0.1, 0.15) is 11.5 Å². The molecule has 406 valence electrons. The number of hydrogen-bond donors (Lipinski definition) is 0. The number of hydrogen-bond acceptors (Lipinski definition) is 1. The van der Waals surface area contributed by atoms with Gasteiger partial charge in [-0.05, 0) is 160 Å². The van der Waals surface area contributed by atoms with Crippen molar-refractivity contribution >= 4 is 132 Å². The molecule has 0 saturated heterocycles. The zero-order valence-electron chi connectivity index (χ0n) is 48.4. The Morgan fingerprint density at radius 3 is 1.15 bits per heavy atom. The van der Waals surface area contributed by atoms with Gasteiger partial charge in [-0.2, -0.15) is 0 Å². The summed E-state index contributed by atoms with van der Waals surface area (Å²) in [6, 6.07) is 91.3. The maximum absolute atomic E-state index is 7.19. The maximum Gasteiger partial charge on any atom is 0.256 e. The molecule has 86 heavy (non-hydrogen) atoms. The van der Waals surface area contributed by atoms with Crippen molar-refractivity contribution in [3.05, 3.63) is 254 Å². The van der Waals surface area contributed by atoms with Gasteiger partial charge in [0.2, 0.25) is 0 Å². The van der Waals surface area contributed by atoms with Crippen LogP contribution in [0.1, 0.15) is 51.7 Å². The summed E-state index contributed by atoms with van der Waals surface area (Å²) >= 11 is 0. The van der Waals surface area contributed by atoms with Crippen LogP contribution < -0.4 is 21.1 Å². The van der Waals surface area contributed by atoms with Crippen LogP contribution in [0.15, 0.2) is 243 Å². The highest BCUT2D eigenvalue weighted by atomic mass is 16.5. The van der Waals surface area contributed by atoms with Crippen molar-refractivity contribution in [3.8, 4) is 39.9 Å². The Hall–Kier alpha value is -10.5. The molecule has 2 aliphatic rings. The highest BCUT2D eigenvalue weighted by Crippen LogP contribution is 2.45. The Morgan fingerprint density at radius 2 is 0.709 bits per heavy atom. The van der Waals surface area contributed by atoms with Crippen LogP contribution in [0.3, 0.4) is 0 Å². The van der Waals surface area contributed by atoms with Crippen molar-refractivity contribution in [1.29, 1.82) is 0 Å². The topological polar surface area (TPSA) is 33.9 Å². The second-order valence-electron chi connectivity index (χ2n) is 25.5. The van der Waals surface area contributed by atoms with E-state index < -0.39 is 0 Å². The molecule has 0 radical (unpaired) electrons. The van der Waals surface area contributed by atoms with Gasteiger partial charge in [-0.15, -0.1) is 0 Å². The number of benzene rings is 12. The molecule has 7 heteroatoms. The quantitative estimate of drug-likeness (QED) is 0.158. The van der Waals surface area contributed by atoms with Gasteiger partial charge in [-0.25, -0.2) is 0 Å². The SMILES string of the molecule is CC(C)c1cc2c3c(c1)-n1c4ccc(-n5c6ccccc6c6cc(-n7c8ccccc8c8ccccc87)ccc65)cc4c4cc(-n5c6ccccc6c6cc(-n7c8ccccc8c8ccccc87)ccc65)cc(c41)B3c1cc(C(C)(C)C)ccc1O2. The summed E-state index contributed by atoms with van der Waals surface area (Å²) in [5.41, 5.74) is 23.8. The summed E-state index contributed by atoms with van der Waals surface area (Å²) in [5.74, 6) is 2.15. The van der Waals surface area contributed by atoms with Gasteiger partial charge in [0.15, 0.2) is 0 Å². The lowest BCUT2D eigenvalue weighted by molar-refractivity contribution is 0.485. The number of ether oxygens (including phenoxy) is 1. The number of rotatable bonds is 5. The van der Waals surface area contributed by atoms with E-state index in [1.807, 2.05) is 0 Å². The lowest BCUT2D eigenvalue weighted by Gasteiger charge is -2.35. The third kappa shape index (κ3) is 6.41. The van der Waals surface area contributed by atoms with Crippen molar-refractivity contribution in [2.75, 3.05) is 0 Å². The molecule has 6 nitrogen and oxygen atoms in total. The predicted molar refractivity (Wildman–Crippen MR) is 362 cm³/mol. The predicted octanol–water partition coefficient (Wildman–Crippen LogP) is 18.5. The average molecular weight is 1100 g/mol. The van der Waals surface area contributed by atoms with Gasteiger partial charge in [0, 0.05) is 87.8 Å². The minimum absolute atomic E-state index is 0.0722. The number of para-hydroxylation sites is 6. The second kappa shape index (κ2) is 17.1. The molecule has 2 aliphatic heterocycles. The van der Waals surface area contributed by atoms with Crippen LogP contribution >= 0.6 is 0 Å². The van der Waals surface area contributed by atoms with Crippen LogP contribution in [0.4, 0.5) is 0 Å². The summed E-state index contributed by atoms with van der Waals surface area (Å²) in [5, 5.41) is 12.3. The van der Waals surface area contributed by atoms with Crippen LogP contribution in [0.2, 0.25) is 0 Å². The number of aromatic nitrogens is 5. The molecule has 0 atom stereocenters. The van der Waals surface area contributed by atoms with Crippen molar-refractivity contribution in [1.82, 2.24) is 22.8 Å². The van der Waals surface area contributed by atoms with E-state index in [-0.39, 0.29) is 18.0 Å². The molecular formula is C79H56BN5O. The largest absolute Gasteiger partial charge is 0.458 e. The Morgan fingerprint density at radius 1 is 0.326 bits per heavy atom. The molecular weight excluding hydrogens is 1050 g/mol. The third-order valence-electron chi connectivity index (χ3n) is 19.4. The first-order chi connectivity index (χ1) is 42.1. The monoisotopic (exact) mass is 1100 g/mol. The van der Waals surface area contributed by atoms with Crippen LogP contribution in [0.5, 0.6) is 11.5 Å². The molecule has 12 aromatic carbocycles. The molecule has 0 bridgehead atoms. The first-order valence-electron chi connectivity index (χ1n) is 30.3. The normalized spacial score (nSPS) is 13.1. The molecule has 0 aliphatic carbocycles. The van der Waals surface area contributed by atoms with Gasteiger partial charge in [-0.3, -0.25) is 0 Å². The van der Waals surface area contributed by atoms with E-state index in [0.717, 1.165) is 39.8 Å². The van der Waals surface area contributed by atoms with Crippen LogP contribution in [0, 0.1) is 0 Å². The molecule has 19 rings (SSSR count). The van der Waals surface area contributed by atoms with E-state index in [4.69, 9.17) is 4.74 Å². The van der Waals surface area contributed by atoms with Crippen molar-refractivity contribution in [3.63, 3.8) is 0 Å². The summed E-state index contributed by atoms with van der Waals surface area (Å²) in [4.78, 5) is 0. The van der Waals surface area contributed by atoms with Crippen molar-refractivity contribution in [2.45, 2.75) is 46.0 Å². The van der Waals surface area contributed by atoms with Gasteiger partial charge < -0.3 is 27.6 Å². The first-order valence-corrected chi connectivity index (χ1v) is 30.3. The Balaban J connectivity index is 0.895. The zero-order valence-corrected chi connectivity index (χ0v) is 48.4. The van der Waals surface area contributed by atoms with Crippen LogP contribution in [-0.4, -0.2) is 29.5 Å². The Bertz CT molecular complexity index is 5750. The maximum atomic E-state index is 7.19. The fourth-order valence-corrected chi connectivity index (χ4v) is 15.5. The molecule has 0 spiro atoms. The summed E-state index contributed by atoms with van der Waals surface area (Å²) in [6.45, 7) is 11.5. The van der Waals surface area contributed by atoms with Crippen LogP contribution in [0.25, 0.3) is 137 Å². The smallest absolute Gasteiger partial charge is 0.256 e. The summed E-state index contributed by atoms with van der Waals surface area (Å²) < 4.78 is 19.7. The van der Waals surface area contributed by atoms with Crippen LogP contribution in [-0.2, 0) is 5.41 Å². The third-order valence-corrected chi connectivity index (χ3v) is 19.4. The second-order valence-corrected chi connectivity index (χ2v) is 25.5. The van der Waals surface area contributed by atoms with E-state index >= 15 is 0 Å². The molecule has 0 amide bonds. The molecule has 7 heterocycles. The van der Waals surface area contributed by atoms with Crippen molar-refractivity contribution in [2.24, 2.45) is 0 Å². The van der Waals surface area contributed by atoms with Crippen molar-refractivity contribution < 1.29 is 4.74 Å². The molecule has 0 unspecified atom stereocenters. The summed E-state index contributed by atoms with van der Waals surface area (Å²) in [6.07, 6.45) is 0. The molecule has 0 fully saturated rings. The Kier molecular flexibility index (Phi) is 9.52. The van der Waals surface area contributed by atoms with E-state index in [2.05, 4.69) is 300 Å². The molecule has 0 saturated carbocycles. The van der Waals surface area contributed by atoms with E-state index in [9.17, 15) is 0 Å². The minimum Gasteiger partial charge on any atom is -0.458 e. The fraction of sp³-hybridized carbons (Fsp3) is 0.0886. The van der Waals surface area contributed by atoms with Gasteiger partial charge >= 0.3 is 0 Å². The first kappa shape index (κ1) is 47.9. The Labute approximate surface area is 496 Å². The van der Waals surface area contributed by atoms with E-state index in [1.54, 1.807) is 0 Å². The molecule has 17 aromatic rings. The molecule has 0 N–H and O–H groups in total. The van der Waals surface area contributed by atoms with Gasteiger partial charge in [0.05, 0.1) is 49.7 Å². The number of nitrogens with zero attached hydrogens (tertiary/aromatic N) is 5. The fourth-order valence-electron chi connectivity index (χ4n) is 15.5. The standard InChI is InChI=1S/C79H56BN5O/c1-46(2)47-38-74-77-76(39-47)86-75-37-30-48(79(3,4)5)40-63(75)80(77)64-45-52(84-70-29-17-11-23-58(70)60-42-50(32-35-72(60)84)82-67-26-14-8-20-55(67)56-21-9-15-27-68(56)82)44-62-61-43-51(33-36-73(61)85(74)78(62)64)83-69-28-16-10-22-57(69)59-41-49(31-34-71(59)83)81-65-24-12-6-18-53(65)54-19-7-13-25-66(54)81/h6-46H,1-5H3. The lowest BCUT2D eigenvalue weighted by atomic mass is 9.34. The highest BCUT2D eigenvalue weighted by molar-refractivity contribution is 6.99. The highest BCUT2D eigenvalue weighted by Gasteiger charge is 2.42.